The molecule has 0 aliphatic heterocycles. The Balaban J connectivity index is 1.65. The van der Waals surface area contributed by atoms with Crippen LogP contribution in [-0.4, -0.2) is 36.2 Å². The first kappa shape index (κ1) is 19.9. The van der Waals surface area contributed by atoms with Gasteiger partial charge in [0.2, 0.25) is 11.1 Å². The van der Waals surface area contributed by atoms with E-state index in [9.17, 15) is 9.59 Å². The quantitative estimate of drug-likeness (QED) is 0.595. The fourth-order valence-corrected chi connectivity index (χ4v) is 3.47. The zero-order chi connectivity index (χ0) is 20.3. The lowest BCUT2D eigenvalue weighted by molar-refractivity contribution is -0.115. The van der Waals surface area contributed by atoms with E-state index in [-0.39, 0.29) is 23.8 Å². The van der Waals surface area contributed by atoms with Gasteiger partial charge in [-0.2, -0.15) is 0 Å². The monoisotopic (exact) mass is 400 g/mol. The Hall–Kier alpha value is -2.81. The van der Waals surface area contributed by atoms with Crippen LogP contribution in [0.1, 0.15) is 37.7 Å². The van der Waals surface area contributed by atoms with Gasteiger partial charge in [-0.05, 0) is 19.1 Å². The predicted octanol–water partition coefficient (Wildman–Crippen LogP) is 2.85. The number of benzene rings is 1. The highest BCUT2D eigenvalue weighted by Crippen LogP contribution is 2.18. The minimum absolute atomic E-state index is 0.210. The van der Waals surface area contributed by atoms with Crippen molar-refractivity contribution >= 4 is 23.4 Å². The van der Waals surface area contributed by atoms with E-state index in [4.69, 9.17) is 0 Å². The van der Waals surface area contributed by atoms with E-state index in [2.05, 4.69) is 20.5 Å². The first-order valence-corrected chi connectivity index (χ1v) is 10.1. The Morgan fingerprint density at radius 2 is 2.00 bits per heavy atom. The lowest BCUT2D eigenvalue weighted by Crippen LogP contribution is -2.23. The van der Waals surface area contributed by atoms with Crippen LogP contribution < -0.4 is 10.9 Å². The van der Waals surface area contributed by atoms with Gasteiger partial charge in [0.05, 0.1) is 11.4 Å². The summed E-state index contributed by atoms with van der Waals surface area (Å²) in [5, 5.41) is 10.4. The summed E-state index contributed by atoms with van der Waals surface area (Å²) in [4.78, 5) is 29.5. The standard InChI is InChI=1S/C19H24N6O2S/c1-12(2)17-21-19(23-22-17)28-11-10-15(26)20-16-13(3)24(4)25(18(16)27)14-8-6-5-7-9-14/h5-9,12H,10-11H2,1-4H3,(H,20,26)(H,21,22,23). The van der Waals surface area contributed by atoms with E-state index in [1.165, 1.54) is 11.8 Å². The number of hydrogen-bond acceptors (Lipinski definition) is 5. The first-order valence-electron chi connectivity index (χ1n) is 9.07. The summed E-state index contributed by atoms with van der Waals surface area (Å²) in [5.74, 6) is 1.42. The maximum absolute atomic E-state index is 12.8. The van der Waals surface area contributed by atoms with Crippen LogP contribution in [0.2, 0.25) is 0 Å². The summed E-state index contributed by atoms with van der Waals surface area (Å²) >= 11 is 1.41. The molecule has 0 aliphatic carbocycles. The van der Waals surface area contributed by atoms with Gasteiger partial charge in [0.25, 0.3) is 5.56 Å². The summed E-state index contributed by atoms with van der Waals surface area (Å²) < 4.78 is 3.28. The van der Waals surface area contributed by atoms with Gasteiger partial charge in [-0.3, -0.25) is 19.4 Å². The zero-order valence-electron chi connectivity index (χ0n) is 16.4. The average molecular weight is 401 g/mol. The number of nitrogens with zero attached hydrogens (tertiary/aromatic N) is 4. The van der Waals surface area contributed by atoms with E-state index in [1.807, 2.05) is 51.1 Å². The van der Waals surface area contributed by atoms with Crippen molar-refractivity contribution in [2.24, 2.45) is 7.05 Å². The van der Waals surface area contributed by atoms with E-state index >= 15 is 0 Å². The largest absolute Gasteiger partial charge is 0.320 e. The predicted molar refractivity (Wildman–Crippen MR) is 110 cm³/mol. The Kier molecular flexibility index (Phi) is 6.03. The number of anilines is 1. The second kappa shape index (κ2) is 8.47. The van der Waals surface area contributed by atoms with E-state index < -0.39 is 0 Å². The maximum atomic E-state index is 12.8. The smallest absolute Gasteiger partial charge is 0.295 e. The number of carbonyl (C=O) groups excluding carboxylic acids is 1. The van der Waals surface area contributed by atoms with Crippen LogP contribution in [0.25, 0.3) is 5.69 Å². The van der Waals surface area contributed by atoms with Crippen LogP contribution in [0.15, 0.2) is 40.3 Å². The second-order valence-corrected chi connectivity index (χ2v) is 7.80. The van der Waals surface area contributed by atoms with Crippen molar-refractivity contribution in [1.29, 1.82) is 0 Å². The van der Waals surface area contributed by atoms with Gasteiger partial charge in [0.1, 0.15) is 11.5 Å². The molecular weight excluding hydrogens is 376 g/mol. The summed E-state index contributed by atoms with van der Waals surface area (Å²) in [6, 6.07) is 9.33. The highest BCUT2D eigenvalue weighted by Gasteiger charge is 2.18. The minimum Gasteiger partial charge on any atom is -0.320 e. The van der Waals surface area contributed by atoms with Crippen LogP contribution >= 0.6 is 11.8 Å². The van der Waals surface area contributed by atoms with E-state index in [0.717, 1.165) is 11.5 Å². The van der Waals surface area contributed by atoms with Gasteiger partial charge in [-0.15, -0.1) is 5.10 Å². The molecule has 148 valence electrons. The number of para-hydroxylation sites is 1. The van der Waals surface area contributed by atoms with Crippen molar-refractivity contribution in [3.8, 4) is 5.69 Å². The molecule has 0 bridgehead atoms. The Bertz CT molecular complexity index is 1020. The first-order chi connectivity index (χ1) is 13.4. The van der Waals surface area contributed by atoms with Gasteiger partial charge in [0.15, 0.2) is 0 Å². The van der Waals surface area contributed by atoms with Crippen molar-refractivity contribution in [2.75, 3.05) is 11.1 Å². The van der Waals surface area contributed by atoms with Crippen molar-refractivity contribution in [2.45, 2.75) is 38.3 Å². The molecule has 0 saturated carbocycles. The molecule has 0 unspecified atom stereocenters. The molecule has 1 aromatic carbocycles. The minimum atomic E-state index is -0.247. The van der Waals surface area contributed by atoms with Crippen LogP contribution in [-0.2, 0) is 11.8 Å². The molecule has 0 aliphatic rings. The zero-order valence-corrected chi connectivity index (χ0v) is 17.2. The van der Waals surface area contributed by atoms with Crippen molar-refractivity contribution < 1.29 is 4.79 Å². The normalized spacial score (nSPS) is 11.2. The van der Waals surface area contributed by atoms with Gasteiger partial charge < -0.3 is 5.32 Å². The third-order valence-electron chi connectivity index (χ3n) is 4.41. The van der Waals surface area contributed by atoms with Crippen LogP contribution in [0, 0.1) is 6.92 Å². The van der Waals surface area contributed by atoms with Crippen LogP contribution in [0.3, 0.4) is 0 Å². The Morgan fingerprint density at radius 3 is 2.64 bits per heavy atom. The number of rotatable bonds is 7. The lowest BCUT2D eigenvalue weighted by atomic mass is 10.2. The van der Waals surface area contributed by atoms with E-state index in [1.54, 1.807) is 16.4 Å². The molecule has 0 fully saturated rings. The molecule has 0 saturated heterocycles. The molecule has 3 rings (SSSR count). The van der Waals surface area contributed by atoms with Gasteiger partial charge in [-0.25, -0.2) is 9.67 Å². The van der Waals surface area contributed by atoms with Crippen LogP contribution in [0.5, 0.6) is 0 Å². The number of amides is 1. The van der Waals surface area contributed by atoms with Crippen molar-refractivity contribution in [3.05, 3.63) is 52.2 Å². The molecule has 0 radical (unpaired) electrons. The van der Waals surface area contributed by atoms with Crippen molar-refractivity contribution in [3.63, 3.8) is 0 Å². The number of hydrogen-bond donors (Lipinski definition) is 2. The second-order valence-electron chi connectivity index (χ2n) is 6.74. The third kappa shape index (κ3) is 4.19. The average Bonchev–Trinajstić information content (AvgIpc) is 3.22. The summed E-state index contributed by atoms with van der Waals surface area (Å²) in [5.41, 5.74) is 1.51. The number of aromatic nitrogens is 5. The number of carbonyl (C=O) groups is 1. The van der Waals surface area contributed by atoms with Crippen LogP contribution in [0.4, 0.5) is 5.69 Å². The fraction of sp³-hybridized carbons (Fsp3) is 0.368. The molecular formula is C19H24N6O2S. The Morgan fingerprint density at radius 1 is 1.29 bits per heavy atom. The third-order valence-corrected chi connectivity index (χ3v) is 5.26. The summed E-state index contributed by atoms with van der Waals surface area (Å²) in [6.45, 7) is 5.88. The molecule has 9 heteroatoms. The highest BCUT2D eigenvalue weighted by molar-refractivity contribution is 7.99. The molecule has 8 nitrogen and oxygen atoms in total. The SMILES string of the molecule is Cc1c(NC(=O)CCSc2n[nH]c(C(C)C)n2)c(=O)n(-c2ccccc2)n1C. The fourth-order valence-electron chi connectivity index (χ4n) is 2.73. The topological polar surface area (TPSA) is 97.6 Å². The van der Waals surface area contributed by atoms with E-state index in [0.29, 0.717) is 22.3 Å². The number of H-pyrrole nitrogens is 1. The molecule has 0 spiro atoms. The molecule has 0 atom stereocenters. The molecule has 2 heterocycles. The molecule has 1 amide bonds. The molecule has 2 aromatic heterocycles. The highest BCUT2D eigenvalue weighted by atomic mass is 32.2. The van der Waals surface area contributed by atoms with Gasteiger partial charge >= 0.3 is 0 Å². The lowest BCUT2D eigenvalue weighted by Gasteiger charge is -2.07. The number of nitrogens with one attached hydrogen (secondary N) is 2. The molecule has 28 heavy (non-hydrogen) atoms. The summed E-state index contributed by atoms with van der Waals surface area (Å²) in [7, 11) is 1.80. The maximum Gasteiger partial charge on any atom is 0.295 e. The number of aromatic amines is 1. The van der Waals surface area contributed by atoms with Gasteiger partial charge in [-0.1, -0.05) is 43.8 Å². The van der Waals surface area contributed by atoms with Crippen molar-refractivity contribution in [1.82, 2.24) is 24.5 Å². The summed E-state index contributed by atoms with van der Waals surface area (Å²) in [6.07, 6.45) is 0.259. The number of thioether (sulfide) groups is 1. The van der Waals surface area contributed by atoms with Gasteiger partial charge in [0, 0.05) is 25.1 Å². The molecule has 2 N–H and O–H groups in total. The molecule has 3 aromatic rings. The Labute approximate surface area is 167 Å².